The Morgan fingerprint density at radius 2 is 1.88 bits per heavy atom. The lowest BCUT2D eigenvalue weighted by molar-refractivity contribution is 0.467. The number of hydrogen-bond acceptors (Lipinski definition) is 3. The number of aromatic amines is 2. The number of rotatable bonds is 2. The van der Waals surface area contributed by atoms with E-state index in [-0.39, 0.29) is 5.75 Å². The maximum atomic E-state index is 11.4. The lowest BCUT2D eigenvalue weighted by atomic mass is 10.2. The third-order valence-electron chi connectivity index (χ3n) is 2.10. The molecule has 1 aromatic heterocycles. The highest BCUT2D eigenvalue weighted by Crippen LogP contribution is 2.20. The number of aryl methyl sites for hydroxylation is 1. The van der Waals surface area contributed by atoms with Crippen LogP contribution in [0.3, 0.4) is 0 Å². The standard InChI is InChI=1S/C11H10N2O3/c1-7-4-2-3-5-8(7)16-9-6-12-11(15)13-10(9)14/h2-6H,1H3,(H2,12,13,14,15). The highest BCUT2D eigenvalue weighted by Gasteiger charge is 2.04. The molecule has 1 aromatic carbocycles. The van der Waals surface area contributed by atoms with E-state index >= 15 is 0 Å². The zero-order chi connectivity index (χ0) is 11.5. The summed E-state index contributed by atoms with van der Waals surface area (Å²) in [7, 11) is 0. The summed E-state index contributed by atoms with van der Waals surface area (Å²) < 4.78 is 5.38. The fourth-order valence-electron chi connectivity index (χ4n) is 1.26. The molecule has 2 N–H and O–H groups in total. The quantitative estimate of drug-likeness (QED) is 0.794. The molecular formula is C11H10N2O3. The summed E-state index contributed by atoms with van der Waals surface area (Å²) in [5.74, 6) is 0.647. The van der Waals surface area contributed by atoms with Gasteiger partial charge in [-0.2, -0.15) is 0 Å². The summed E-state index contributed by atoms with van der Waals surface area (Å²) in [6, 6.07) is 7.30. The Bertz CT molecular complexity index is 613. The molecule has 0 aliphatic carbocycles. The van der Waals surface area contributed by atoms with Crippen LogP contribution in [0, 0.1) is 6.92 Å². The van der Waals surface area contributed by atoms with Crippen LogP contribution >= 0.6 is 0 Å². The van der Waals surface area contributed by atoms with Crippen molar-refractivity contribution in [3.8, 4) is 11.5 Å². The second kappa shape index (κ2) is 4.06. The van der Waals surface area contributed by atoms with Crippen molar-refractivity contribution in [1.82, 2.24) is 9.97 Å². The van der Waals surface area contributed by atoms with Crippen LogP contribution in [-0.4, -0.2) is 9.97 Å². The normalized spacial score (nSPS) is 10.1. The Balaban J connectivity index is 2.38. The van der Waals surface area contributed by atoms with Gasteiger partial charge in [0, 0.05) is 0 Å². The summed E-state index contributed by atoms with van der Waals surface area (Å²) in [5.41, 5.74) is -0.192. The van der Waals surface area contributed by atoms with Crippen LogP contribution < -0.4 is 16.0 Å². The number of aromatic nitrogens is 2. The molecule has 0 unspecified atom stereocenters. The van der Waals surface area contributed by atoms with Crippen LogP contribution in [0.5, 0.6) is 11.5 Å². The van der Waals surface area contributed by atoms with Crippen molar-refractivity contribution in [2.45, 2.75) is 6.92 Å². The minimum absolute atomic E-state index is 0.0638. The third kappa shape index (κ3) is 2.03. The lowest BCUT2D eigenvalue weighted by Crippen LogP contribution is -2.21. The van der Waals surface area contributed by atoms with Crippen molar-refractivity contribution in [1.29, 1.82) is 0 Å². The summed E-state index contributed by atoms with van der Waals surface area (Å²) in [6.45, 7) is 1.87. The van der Waals surface area contributed by atoms with E-state index < -0.39 is 11.2 Å². The van der Waals surface area contributed by atoms with E-state index in [1.165, 1.54) is 6.20 Å². The fraction of sp³-hybridized carbons (Fsp3) is 0.0909. The first kappa shape index (κ1) is 10.2. The zero-order valence-electron chi connectivity index (χ0n) is 8.61. The molecule has 0 saturated carbocycles. The second-order valence-corrected chi connectivity index (χ2v) is 3.30. The van der Waals surface area contributed by atoms with Crippen molar-refractivity contribution in [2.24, 2.45) is 0 Å². The molecule has 0 amide bonds. The number of benzene rings is 1. The van der Waals surface area contributed by atoms with Crippen LogP contribution in [0.4, 0.5) is 0 Å². The van der Waals surface area contributed by atoms with Gasteiger partial charge in [0.25, 0.3) is 5.56 Å². The number of H-pyrrole nitrogens is 2. The molecular weight excluding hydrogens is 208 g/mol. The average molecular weight is 218 g/mol. The van der Waals surface area contributed by atoms with Gasteiger partial charge in [0.05, 0.1) is 6.20 Å². The molecule has 0 saturated heterocycles. The second-order valence-electron chi connectivity index (χ2n) is 3.30. The summed E-state index contributed by atoms with van der Waals surface area (Å²) in [5, 5.41) is 0. The molecule has 0 spiro atoms. The molecule has 82 valence electrons. The lowest BCUT2D eigenvalue weighted by Gasteiger charge is -2.06. The largest absolute Gasteiger partial charge is 0.450 e. The average Bonchev–Trinajstić information content (AvgIpc) is 2.25. The monoisotopic (exact) mass is 218 g/mol. The van der Waals surface area contributed by atoms with E-state index in [1.807, 2.05) is 25.1 Å². The van der Waals surface area contributed by atoms with Gasteiger partial charge in [0.1, 0.15) is 5.75 Å². The predicted octanol–water partition coefficient (Wildman–Crippen LogP) is 1.16. The van der Waals surface area contributed by atoms with Crippen LogP contribution in [-0.2, 0) is 0 Å². The maximum absolute atomic E-state index is 11.4. The molecule has 0 fully saturated rings. The molecule has 5 heteroatoms. The molecule has 1 heterocycles. The Labute approximate surface area is 90.7 Å². The molecule has 5 nitrogen and oxygen atoms in total. The van der Waals surface area contributed by atoms with Gasteiger partial charge in [-0.15, -0.1) is 0 Å². The highest BCUT2D eigenvalue weighted by molar-refractivity contribution is 5.35. The molecule has 0 radical (unpaired) electrons. The van der Waals surface area contributed by atoms with Gasteiger partial charge in [0.15, 0.2) is 0 Å². The third-order valence-corrected chi connectivity index (χ3v) is 2.10. The first-order chi connectivity index (χ1) is 7.66. The Morgan fingerprint density at radius 1 is 1.12 bits per heavy atom. The Hall–Kier alpha value is -2.30. The van der Waals surface area contributed by atoms with Gasteiger partial charge >= 0.3 is 5.69 Å². The molecule has 0 aliphatic heterocycles. The summed E-state index contributed by atoms with van der Waals surface area (Å²) >= 11 is 0. The fourth-order valence-corrected chi connectivity index (χ4v) is 1.26. The van der Waals surface area contributed by atoms with E-state index in [2.05, 4.69) is 9.97 Å². The first-order valence-electron chi connectivity index (χ1n) is 4.72. The molecule has 0 aliphatic rings. The molecule has 0 bridgehead atoms. The molecule has 16 heavy (non-hydrogen) atoms. The van der Waals surface area contributed by atoms with E-state index in [9.17, 15) is 9.59 Å². The van der Waals surface area contributed by atoms with E-state index in [0.717, 1.165) is 5.56 Å². The minimum atomic E-state index is -0.554. The van der Waals surface area contributed by atoms with Gasteiger partial charge in [-0.3, -0.25) is 9.78 Å². The number of nitrogens with one attached hydrogen (secondary N) is 2. The molecule has 0 atom stereocenters. The van der Waals surface area contributed by atoms with Gasteiger partial charge < -0.3 is 9.72 Å². The van der Waals surface area contributed by atoms with Gasteiger partial charge in [-0.05, 0) is 18.6 Å². The van der Waals surface area contributed by atoms with Crippen molar-refractivity contribution >= 4 is 0 Å². The topological polar surface area (TPSA) is 75.0 Å². The molecule has 2 rings (SSSR count). The van der Waals surface area contributed by atoms with E-state index in [1.54, 1.807) is 6.07 Å². The van der Waals surface area contributed by atoms with Crippen molar-refractivity contribution in [3.05, 3.63) is 56.9 Å². The SMILES string of the molecule is Cc1ccccc1Oc1c[nH]c(=O)[nH]c1=O. The predicted molar refractivity (Wildman–Crippen MR) is 58.9 cm³/mol. The highest BCUT2D eigenvalue weighted by atomic mass is 16.5. The van der Waals surface area contributed by atoms with Crippen molar-refractivity contribution in [2.75, 3.05) is 0 Å². The van der Waals surface area contributed by atoms with Crippen molar-refractivity contribution in [3.63, 3.8) is 0 Å². The van der Waals surface area contributed by atoms with Gasteiger partial charge in [-0.1, -0.05) is 18.2 Å². The zero-order valence-corrected chi connectivity index (χ0v) is 8.61. The molecule has 2 aromatic rings. The van der Waals surface area contributed by atoms with Crippen LogP contribution in [0.2, 0.25) is 0 Å². The summed E-state index contributed by atoms with van der Waals surface area (Å²) in [4.78, 5) is 26.6. The Kier molecular flexibility index (Phi) is 2.59. The minimum Gasteiger partial charge on any atom is -0.450 e. The maximum Gasteiger partial charge on any atom is 0.325 e. The van der Waals surface area contributed by atoms with Crippen LogP contribution in [0.15, 0.2) is 40.1 Å². The van der Waals surface area contributed by atoms with Crippen LogP contribution in [0.1, 0.15) is 5.56 Å². The smallest absolute Gasteiger partial charge is 0.325 e. The number of ether oxygens (including phenoxy) is 1. The summed E-state index contributed by atoms with van der Waals surface area (Å²) in [6.07, 6.45) is 1.24. The van der Waals surface area contributed by atoms with Crippen molar-refractivity contribution < 1.29 is 4.74 Å². The number of hydrogen-bond donors (Lipinski definition) is 2. The van der Waals surface area contributed by atoms with Gasteiger partial charge in [-0.25, -0.2) is 4.79 Å². The van der Waals surface area contributed by atoms with Gasteiger partial charge in [0.2, 0.25) is 5.75 Å². The Morgan fingerprint density at radius 3 is 2.56 bits per heavy atom. The first-order valence-corrected chi connectivity index (χ1v) is 4.72. The van der Waals surface area contributed by atoms with E-state index in [0.29, 0.717) is 5.75 Å². The number of para-hydroxylation sites is 1. The van der Waals surface area contributed by atoms with Crippen LogP contribution in [0.25, 0.3) is 0 Å². The van der Waals surface area contributed by atoms with E-state index in [4.69, 9.17) is 4.74 Å².